The molecule has 0 aliphatic heterocycles. The Morgan fingerprint density at radius 2 is 2.29 bits per heavy atom. The molecule has 0 fully saturated rings. The van der Waals surface area contributed by atoms with Gasteiger partial charge in [-0.15, -0.1) is 12.6 Å². The maximum absolute atomic E-state index is 10.5. The highest BCUT2D eigenvalue weighted by Crippen LogP contribution is 2.20. The van der Waals surface area contributed by atoms with E-state index in [4.69, 9.17) is 10.4 Å². The molecule has 1 N–H and O–H groups in total. The van der Waals surface area contributed by atoms with E-state index in [2.05, 4.69) is 12.6 Å². The van der Waals surface area contributed by atoms with Crippen LogP contribution in [0.25, 0.3) is 0 Å². The quantitative estimate of drug-likeness (QED) is 0.727. The zero-order valence-electron chi connectivity index (χ0n) is 7.61. The third kappa shape index (κ3) is 2.27. The molecule has 0 aliphatic carbocycles. The molecule has 0 bridgehead atoms. The van der Waals surface area contributed by atoms with Gasteiger partial charge in [0.1, 0.15) is 0 Å². The molecule has 1 aromatic carbocycles. The summed E-state index contributed by atoms with van der Waals surface area (Å²) >= 11 is 4.17. The van der Waals surface area contributed by atoms with Crippen LogP contribution in [0.2, 0.25) is 0 Å². The van der Waals surface area contributed by atoms with Crippen LogP contribution in [0, 0.1) is 18.3 Å². The van der Waals surface area contributed by atoms with Crippen LogP contribution >= 0.6 is 12.6 Å². The fourth-order valence-corrected chi connectivity index (χ4v) is 1.45. The minimum Gasteiger partial charge on any atom is -0.481 e. The Kier molecular flexibility index (Phi) is 3.15. The van der Waals surface area contributed by atoms with E-state index in [9.17, 15) is 4.79 Å². The van der Waals surface area contributed by atoms with Gasteiger partial charge in [0, 0.05) is 4.90 Å². The van der Waals surface area contributed by atoms with E-state index in [-0.39, 0.29) is 6.42 Å². The minimum atomic E-state index is -0.907. The first-order valence-electron chi connectivity index (χ1n) is 3.99. The molecule has 0 aromatic heterocycles. The van der Waals surface area contributed by atoms with E-state index in [1.54, 1.807) is 19.1 Å². The zero-order chi connectivity index (χ0) is 10.7. The monoisotopic (exact) mass is 207 g/mol. The Hall–Kier alpha value is -1.47. The second-order valence-electron chi connectivity index (χ2n) is 2.96. The second-order valence-corrected chi connectivity index (χ2v) is 3.44. The third-order valence-electron chi connectivity index (χ3n) is 1.96. The Bertz CT molecular complexity index is 421. The van der Waals surface area contributed by atoms with Gasteiger partial charge in [-0.05, 0) is 30.2 Å². The van der Waals surface area contributed by atoms with Crippen LogP contribution in [0.1, 0.15) is 16.7 Å². The van der Waals surface area contributed by atoms with Crippen LogP contribution in [0.3, 0.4) is 0 Å². The van der Waals surface area contributed by atoms with Crippen molar-refractivity contribution in [3.8, 4) is 6.07 Å². The number of nitrogens with zero attached hydrogens (tertiary/aromatic N) is 1. The van der Waals surface area contributed by atoms with Crippen molar-refractivity contribution < 1.29 is 9.90 Å². The predicted molar refractivity (Wildman–Crippen MR) is 54.5 cm³/mol. The lowest BCUT2D eigenvalue weighted by Crippen LogP contribution is -2.03. The van der Waals surface area contributed by atoms with Gasteiger partial charge in [-0.25, -0.2) is 0 Å². The highest BCUT2D eigenvalue weighted by atomic mass is 32.1. The lowest BCUT2D eigenvalue weighted by Gasteiger charge is -2.06. The zero-order valence-corrected chi connectivity index (χ0v) is 8.51. The average molecular weight is 207 g/mol. The molecule has 0 amide bonds. The van der Waals surface area contributed by atoms with Gasteiger partial charge in [0.15, 0.2) is 0 Å². The molecule has 3 nitrogen and oxygen atoms in total. The SMILES string of the molecule is Cc1c(S)cc(C#N)cc1CC(=O)O. The fourth-order valence-electron chi connectivity index (χ4n) is 1.17. The van der Waals surface area contributed by atoms with Gasteiger partial charge in [-0.3, -0.25) is 4.79 Å². The van der Waals surface area contributed by atoms with E-state index in [0.717, 1.165) is 5.56 Å². The predicted octanol–water partition coefficient (Wildman–Crippen LogP) is 1.78. The topological polar surface area (TPSA) is 61.1 Å². The number of rotatable bonds is 2. The van der Waals surface area contributed by atoms with Crippen molar-refractivity contribution >= 4 is 18.6 Å². The molecule has 0 aliphatic rings. The molecule has 0 radical (unpaired) electrons. The lowest BCUT2D eigenvalue weighted by molar-refractivity contribution is -0.136. The molecule has 0 spiro atoms. The molecule has 1 rings (SSSR count). The second kappa shape index (κ2) is 4.16. The average Bonchev–Trinajstić information content (AvgIpc) is 2.11. The van der Waals surface area contributed by atoms with Crippen molar-refractivity contribution in [1.29, 1.82) is 5.26 Å². The summed E-state index contributed by atoms with van der Waals surface area (Å²) in [5.74, 6) is -0.907. The van der Waals surface area contributed by atoms with Crippen molar-refractivity contribution in [1.82, 2.24) is 0 Å². The molecule has 72 valence electrons. The van der Waals surface area contributed by atoms with E-state index in [1.165, 1.54) is 0 Å². The van der Waals surface area contributed by atoms with E-state index in [0.29, 0.717) is 16.0 Å². The van der Waals surface area contributed by atoms with Crippen molar-refractivity contribution in [3.05, 3.63) is 28.8 Å². The molecule has 0 saturated heterocycles. The van der Waals surface area contributed by atoms with Crippen LogP contribution in [-0.2, 0) is 11.2 Å². The number of thiol groups is 1. The summed E-state index contributed by atoms with van der Waals surface area (Å²) in [6.45, 7) is 1.79. The molecule has 4 heteroatoms. The Morgan fingerprint density at radius 3 is 2.79 bits per heavy atom. The first-order chi connectivity index (χ1) is 6.54. The van der Waals surface area contributed by atoms with Crippen LogP contribution in [0.15, 0.2) is 17.0 Å². The molecule has 0 atom stereocenters. The van der Waals surface area contributed by atoms with Crippen molar-refractivity contribution in [2.45, 2.75) is 18.2 Å². The third-order valence-corrected chi connectivity index (χ3v) is 2.42. The minimum absolute atomic E-state index is 0.0745. The van der Waals surface area contributed by atoms with Crippen molar-refractivity contribution in [2.24, 2.45) is 0 Å². The Balaban J connectivity index is 3.21. The molecule has 0 unspecified atom stereocenters. The Labute approximate surface area is 87.4 Å². The largest absolute Gasteiger partial charge is 0.481 e. The smallest absolute Gasteiger partial charge is 0.307 e. The normalized spacial score (nSPS) is 9.50. The van der Waals surface area contributed by atoms with Crippen molar-refractivity contribution in [3.63, 3.8) is 0 Å². The molecule has 14 heavy (non-hydrogen) atoms. The number of benzene rings is 1. The molecular formula is C10H9NO2S. The summed E-state index contributed by atoms with van der Waals surface area (Å²) in [7, 11) is 0. The Morgan fingerprint density at radius 1 is 1.64 bits per heavy atom. The first-order valence-corrected chi connectivity index (χ1v) is 4.43. The number of hydrogen-bond donors (Lipinski definition) is 2. The molecule has 1 aromatic rings. The number of carboxylic acid groups (broad SMARTS) is 1. The van der Waals surface area contributed by atoms with Gasteiger partial charge in [0.2, 0.25) is 0 Å². The highest BCUT2D eigenvalue weighted by Gasteiger charge is 2.08. The fraction of sp³-hybridized carbons (Fsp3) is 0.200. The molecule has 0 saturated carbocycles. The number of carbonyl (C=O) groups is 1. The van der Waals surface area contributed by atoms with E-state index in [1.807, 2.05) is 6.07 Å². The summed E-state index contributed by atoms with van der Waals surface area (Å²) in [6.07, 6.45) is -0.0745. The number of aliphatic carboxylic acids is 1. The first kappa shape index (κ1) is 10.6. The van der Waals surface area contributed by atoms with Crippen LogP contribution < -0.4 is 0 Å². The molecular weight excluding hydrogens is 198 g/mol. The summed E-state index contributed by atoms with van der Waals surface area (Å²) in [6, 6.07) is 5.18. The van der Waals surface area contributed by atoms with Crippen LogP contribution in [0.4, 0.5) is 0 Å². The number of hydrogen-bond acceptors (Lipinski definition) is 3. The standard InChI is InChI=1S/C10H9NO2S/c1-6-8(4-10(12)13)2-7(5-11)3-9(6)14/h2-3,14H,4H2,1H3,(H,12,13). The lowest BCUT2D eigenvalue weighted by atomic mass is 10.0. The van der Waals surface area contributed by atoms with Gasteiger partial charge >= 0.3 is 5.97 Å². The number of carboxylic acids is 1. The van der Waals surface area contributed by atoms with Gasteiger partial charge in [-0.1, -0.05) is 0 Å². The van der Waals surface area contributed by atoms with Gasteiger partial charge < -0.3 is 5.11 Å². The maximum Gasteiger partial charge on any atom is 0.307 e. The van der Waals surface area contributed by atoms with Gasteiger partial charge in [0.25, 0.3) is 0 Å². The molecule has 0 heterocycles. The van der Waals surface area contributed by atoms with E-state index >= 15 is 0 Å². The summed E-state index contributed by atoms with van der Waals surface area (Å²) in [5.41, 5.74) is 1.90. The highest BCUT2D eigenvalue weighted by molar-refractivity contribution is 7.80. The van der Waals surface area contributed by atoms with Crippen LogP contribution in [0.5, 0.6) is 0 Å². The number of nitriles is 1. The van der Waals surface area contributed by atoms with Gasteiger partial charge in [0.05, 0.1) is 18.1 Å². The summed E-state index contributed by atoms with van der Waals surface area (Å²) in [5, 5.41) is 17.3. The van der Waals surface area contributed by atoms with Crippen molar-refractivity contribution in [2.75, 3.05) is 0 Å². The van der Waals surface area contributed by atoms with Gasteiger partial charge in [-0.2, -0.15) is 5.26 Å². The maximum atomic E-state index is 10.5. The summed E-state index contributed by atoms with van der Waals surface area (Å²) < 4.78 is 0. The van der Waals surface area contributed by atoms with E-state index < -0.39 is 5.97 Å². The van der Waals surface area contributed by atoms with Crippen LogP contribution in [-0.4, -0.2) is 11.1 Å². The summed E-state index contributed by atoms with van der Waals surface area (Å²) in [4.78, 5) is 11.2.